The smallest absolute Gasteiger partial charge is 0.257 e. The second-order valence-electron chi connectivity index (χ2n) is 9.95. The monoisotopic (exact) mass is 563 g/mol. The Balaban J connectivity index is 1.23. The highest BCUT2D eigenvalue weighted by molar-refractivity contribution is 6.30. The van der Waals surface area contributed by atoms with Gasteiger partial charge in [-0.1, -0.05) is 66.2 Å². The fourth-order valence-electron chi connectivity index (χ4n) is 5.11. The molecule has 0 radical (unpaired) electrons. The van der Waals surface area contributed by atoms with Crippen molar-refractivity contribution in [3.8, 4) is 11.5 Å². The number of hydrogen-bond donors (Lipinski definition) is 0. The van der Waals surface area contributed by atoms with Crippen molar-refractivity contribution < 1.29 is 18.8 Å². The molecule has 2 heterocycles. The summed E-state index contributed by atoms with van der Waals surface area (Å²) in [5.41, 5.74) is 4.42. The topological polar surface area (TPSA) is 83.7 Å². The lowest BCUT2D eigenvalue weighted by Crippen LogP contribution is -2.47. The third kappa shape index (κ3) is 5.62. The number of aromatic nitrogens is 1. The molecule has 0 saturated carbocycles. The first-order chi connectivity index (χ1) is 20.0. The predicted octanol–water partition coefficient (Wildman–Crippen LogP) is 6.09. The van der Waals surface area contributed by atoms with Crippen molar-refractivity contribution in [1.29, 1.82) is 0 Å². The minimum absolute atomic E-state index is 0.0765. The number of halogens is 1. The number of amides is 3. The van der Waals surface area contributed by atoms with Crippen molar-refractivity contribution in [3.05, 3.63) is 119 Å². The fourth-order valence-corrected chi connectivity index (χ4v) is 5.23. The van der Waals surface area contributed by atoms with Crippen molar-refractivity contribution in [2.24, 2.45) is 0 Å². The summed E-state index contributed by atoms with van der Waals surface area (Å²) < 4.78 is 5.85. The molecule has 0 bridgehead atoms. The number of nitrogens with zero attached hydrogens (tertiary/aromatic N) is 3. The van der Waals surface area contributed by atoms with Crippen LogP contribution >= 0.6 is 11.6 Å². The largest absolute Gasteiger partial charge is 0.436 e. The van der Waals surface area contributed by atoms with Gasteiger partial charge in [0, 0.05) is 17.1 Å². The maximum absolute atomic E-state index is 13.7. The first-order valence-corrected chi connectivity index (χ1v) is 13.7. The van der Waals surface area contributed by atoms with Gasteiger partial charge < -0.3 is 9.32 Å². The molecule has 0 aliphatic carbocycles. The van der Waals surface area contributed by atoms with Crippen LogP contribution in [0.15, 0.2) is 108 Å². The maximum atomic E-state index is 13.7. The summed E-state index contributed by atoms with van der Waals surface area (Å²) in [5.74, 6) is -0.530. The Kier molecular flexibility index (Phi) is 7.35. The Morgan fingerprint density at radius 1 is 0.878 bits per heavy atom. The van der Waals surface area contributed by atoms with Crippen LogP contribution < -0.4 is 4.90 Å². The zero-order valence-corrected chi connectivity index (χ0v) is 22.8. The third-order valence-electron chi connectivity index (χ3n) is 7.24. The highest BCUT2D eigenvalue weighted by Crippen LogP contribution is 2.30. The average molecular weight is 564 g/mol. The molecule has 1 aliphatic rings. The minimum Gasteiger partial charge on any atom is -0.436 e. The van der Waals surface area contributed by atoms with Crippen LogP contribution in [0.2, 0.25) is 5.02 Å². The van der Waals surface area contributed by atoms with Crippen LogP contribution in [0, 0.1) is 0 Å². The predicted molar refractivity (Wildman–Crippen MR) is 157 cm³/mol. The van der Waals surface area contributed by atoms with Gasteiger partial charge in [-0.3, -0.25) is 14.4 Å². The van der Waals surface area contributed by atoms with Gasteiger partial charge in [0.05, 0.1) is 18.5 Å². The Morgan fingerprint density at radius 2 is 1.59 bits per heavy atom. The molecule has 204 valence electrons. The van der Waals surface area contributed by atoms with E-state index in [-0.39, 0.29) is 24.7 Å². The van der Waals surface area contributed by atoms with E-state index in [1.54, 1.807) is 53.4 Å². The molecule has 5 aromatic rings. The first kappa shape index (κ1) is 26.5. The summed E-state index contributed by atoms with van der Waals surface area (Å²) in [5, 5.41) is 0.580. The molecule has 8 heteroatoms. The van der Waals surface area contributed by atoms with E-state index in [2.05, 4.69) is 4.98 Å². The molecule has 1 aliphatic heterocycles. The standard InChI is InChI=1S/C33H26ClN3O4/c34-25-14-10-23(11-15-25)20-30(38)36(19-18-22-6-2-1-3-7-22)28-21-31(39)37(33(28)40)26-16-12-24(13-17-26)32-35-27-8-4-5-9-29(27)41-32/h1-17,28H,18-21H2. The van der Waals surface area contributed by atoms with Gasteiger partial charge in [0.25, 0.3) is 5.91 Å². The molecular weight excluding hydrogens is 538 g/mol. The molecule has 1 unspecified atom stereocenters. The average Bonchev–Trinajstić information content (AvgIpc) is 3.55. The molecule has 0 N–H and O–H groups in total. The number of rotatable bonds is 8. The van der Waals surface area contributed by atoms with Gasteiger partial charge in [0.1, 0.15) is 11.6 Å². The van der Waals surface area contributed by atoms with Crippen LogP contribution in [0.5, 0.6) is 0 Å². The Morgan fingerprint density at radius 3 is 2.32 bits per heavy atom. The molecule has 1 atom stereocenters. The Bertz CT molecular complexity index is 1680. The third-order valence-corrected chi connectivity index (χ3v) is 7.49. The molecule has 41 heavy (non-hydrogen) atoms. The molecule has 3 amide bonds. The van der Waals surface area contributed by atoms with Gasteiger partial charge in [-0.2, -0.15) is 0 Å². The summed E-state index contributed by atoms with van der Waals surface area (Å²) in [6, 6.07) is 30.4. The zero-order chi connectivity index (χ0) is 28.3. The molecule has 4 aromatic carbocycles. The highest BCUT2D eigenvalue weighted by Gasteiger charge is 2.44. The van der Waals surface area contributed by atoms with Crippen LogP contribution in [-0.2, 0) is 27.2 Å². The summed E-state index contributed by atoms with van der Waals surface area (Å²) >= 11 is 6.01. The van der Waals surface area contributed by atoms with Crippen LogP contribution in [-0.4, -0.2) is 40.2 Å². The lowest BCUT2D eigenvalue weighted by atomic mass is 10.1. The van der Waals surface area contributed by atoms with Gasteiger partial charge in [-0.05, 0) is 66.1 Å². The van der Waals surface area contributed by atoms with E-state index in [0.29, 0.717) is 35.1 Å². The molecule has 0 spiro atoms. The second-order valence-corrected chi connectivity index (χ2v) is 10.4. The number of oxazole rings is 1. The SMILES string of the molecule is O=C1CC(N(CCc2ccccc2)C(=O)Cc2ccc(Cl)cc2)C(=O)N1c1ccc(-c2nc3ccccc3o2)cc1. The lowest BCUT2D eigenvalue weighted by Gasteiger charge is -2.28. The van der Waals surface area contributed by atoms with E-state index in [9.17, 15) is 14.4 Å². The van der Waals surface area contributed by atoms with Crippen molar-refractivity contribution in [2.75, 3.05) is 11.4 Å². The maximum Gasteiger partial charge on any atom is 0.257 e. The van der Waals surface area contributed by atoms with Crippen LogP contribution in [0.25, 0.3) is 22.6 Å². The van der Waals surface area contributed by atoms with E-state index in [1.807, 2.05) is 54.6 Å². The summed E-state index contributed by atoms with van der Waals surface area (Å²) in [7, 11) is 0. The molecule has 1 fully saturated rings. The number of hydrogen-bond acceptors (Lipinski definition) is 5. The number of benzene rings is 4. The summed E-state index contributed by atoms with van der Waals surface area (Å²) in [6.45, 7) is 0.310. The van der Waals surface area contributed by atoms with Crippen LogP contribution in [0.1, 0.15) is 17.5 Å². The number of para-hydroxylation sites is 2. The van der Waals surface area contributed by atoms with E-state index in [0.717, 1.165) is 22.2 Å². The Labute approximate surface area is 242 Å². The molecular formula is C33H26ClN3O4. The number of fused-ring (bicyclic) bond motifs is 1. The summed E-state index contributed by atoms with van der Waals surface area (Å²) in [4.78, 5) is 47.7. The minimum atomic E-state index is -0.886. The molecule has 1 aromatic heterocycles. The van der Waals surface area contributed by atoms with Crippen molar-refractivity contribution in [2.45, 2.75) is 25.3 Å². The van der Waals surface area contributed by atoms with Gasteiger partial charge in [-0.15, -0.1) is 0 Å². The highest BCUT2D eigenvalue weighted by atomic mass is 35.5. The number of carbonyl (C=O) groups is 3. The van der Waals surface area contributed by atoms with Gasteiger partial charge in [0.2, 0.25) is 17.7 Å². The Hall–Kier alpha value is -4.75. The van der Waals surface area contributed by atoms with Gasteiger partial charge in [0.15, 0.2) is 5.58 Å². The number of imide groups is 1. The molecule has 7 nitrogen and oxygen atoms in total. The van der Waals surface area contributed by atoms with Crippen molar-refractivity contribution in [3.63, 3.8) is 0 Å². The van der Waals surface area contributed by atoms with Gasteiger partial charge >= 0.3 is 0 Å². The van der Waals surface area contributed by atoms with Gasteiger partial charge in [-0.25, -0.2) is 9.88 Å². The quantitative estimate of drug-likeness (QED) is 0.213. The zero-order valence-electron chi connectivity index (χ0n) is 22.1. The van der Waals surface area contributed by atoms with E-state index in [4.69, 9.17) is 16.0 Å². The fraction of sp³-hybridized carbons (Fsp3) is 0.152. The molecule has 1 saturated heterocycles. The number of anilines is 1. The molecule has 6 rings (SSSR count). The van der Waals surface area contributed by atoms with Crippen LogP contribution in [0.3, 0.4) is 0 Å². The van der Waals surface area contributed by atoms with Crippen molar-refractivity contribution in [1.82, 2.24) is 9.88 Å². The van der Waals surface area contributed by atoms with E-state index < -0.39 is 11.9 Å². The van der Waals surface area contributed by atoms with E-state index in [1.165, 1.54) is 4.90 Å². The second kappa shape index (κ2) is 11.4. The first-order valence-electron chi connectivity index (χ1n) is 13.4. The van der Waals surface area contributed by atoms with E-state index >= 15 is 0 Å². The lowest BCUT2D eigenvalue weighted by molar-refractivity contribution is -0.137. The van der Waals surface area contributed by atoms with Crippen molar-refractivity contribution >= 4 is 46.1 Å². The summed E-state index contributed by atoms with van der Waals surface area (Å²) in [6.07, 6.45) is 0.584. The normalized spacial score (nSPS) is 15.0. The number of carbonyl (C=O) groups excluding carboxylic acids is 3. The van der Waals surface area contributed by atoms with Crippen LogP contribution in [0.4, 0.5) is 5.69 Å².